The number of methoxy groups -OCH3 is 1. The highest BCUT2D eigenvalue weighted by atomic mass is 32.2. The fourth-order valence-corrected chi connectivity index (χ4v) is 2.38. The monoisotopic (exact) mass is 242 g/mol. The molecule has 0 N–H and O–H groups in total. The van der Waals surface area contributed by atoms with Crippen LogP contribution in [0.3, 0.4) is 0 Å². The van der Waals surface area contributed by atoms with Crippen molar-refractivity contribution in [3.05, 3.63) is 29.8 Å². The summed E-state index contributed by atoms with van der Waals surface area (Å²) in [5.41, 5.74) is 0.520. The lowest BCUT2D eigenvalue weighted by atomic mass is 10.1. The molecule has 0 spiro atoms. The molecule has 1 aromatic rings. The van der Waals surface area contributed by atoms with Gasteiger partial charge in [-0.15, -0.1) is 0 Å². The highest BCUT2D eigenvalue weighted by molar-refractivity contribution is 7.90. The molecule has 0 aliphatic heterocycles. The summed E-state index contributed by atoms with van der Waals surface area (Å²) in [5.74, 6) is -0.140. The van der Waals surface area contributed by atoms with Crippen molar-refractivity contribution in [2.45, 2.75) is 11.3 Å². The van der Waals surface area contributed by atoms with E-state index in [2.05, 4.69) is 0 Å². The first-order valence-electron chi connectivity index (χ1n) is 4.73. The smallest absolute Gasteiger partial charge is 0.175 e. The maximum Gasteiger partial charge on any atom is 0.175 e. The molecular formula is C11H14O4S. The molecule has 88 valence electrons. The van der Waals surface area contributed by atoms with E-state index < -0.39 is 9.84 Å². The first kappa shape index (κ1) is 12.9. The van der Waals surface area contributed by atoms with Crippen LogP contribution in [0.4, 0.5) is 0 Å². The first-order valence-corrected chi connectivity index (χ1v) is 6.63. The van der Waals surface area contributed by atoms with Gasteiger partial charge in [0.2, 0.25) is 0 Å². The van der Waals surface area contributed by atoms with Crippen LogP contribution < -0.4 is 0 Å². The molecule has 5 heteroatoms. The number of hydrogen-bond donors (Lipinski definition) is 0. The van der Waals surface area contributed by atoms with Gasteiger partial charge in [0.15, 0.2) is 15.6 Å². The molecule has 0 aliphatic rings. The Morgan fingerprint density at radius 3 is 2.50 bits per heavy atom. The van der Waals surface area contributed by atoms with Crippen LogP contribution in [0.2, 0.25) is 0 Å². The van der Waals surface area contributed by atoms with Crippen LogP contribution in [0, 0.1) is 0 Å². The van der Waals surface area contributed by atoms with Crippen molar-refractivity contribution in [2.24, 2.45) is 0 Å². The second-order valence-corrected chi connectivity index (χ2v) is 5.51. The highest BCUT2D eigenvalue weighted by Crippen LogP contribution is 2.15. The van der Waals surface area contributed by atoms with Gasteiger partial charge in [-0.1, -0.05) is 18.2 Å². The van der Waals surface area contributed by atoms with Crippen molar-refractivity contribution in [2.75, 3.05) is 20.0 Å². The maximum absolute atomic E-state index is 11.5. The van der Waals surface area contributed by atoms with Crippen LogP contribution >= 0.6 is 0 Å². The minimum Gasteiger partial charge on any atom is -0.377 e. The number of hydrogen-bond acceptors (Lipinski definition) is 4. The number of benzene rings is 1. The van der Waals surface area contributed by atoms with Crippen molar-refractivity contribution >= 4 is 15.6 Å². The summed E-state index contributed by atoms with van der Waals surface area (Å²) in [6, 6.07) is 6.50. The number of ketones is 1. The summed E-state index contributed by atoms with van der Waals surface area (Å²) in [4.78, 5) is 11.6. The first-order chi connectivity index (χ1) is 7.45. The Morgan fingerprint density at radius 2 is 1.94 bits per heavy atom. The molecule has 16 heavy (non-hydrogen) atoms. The van der Waals surface area contributed by atoms with Gasteiger partial charge in [-0.25, -0.2) is 8.42 Å². The van der Waals surface area contributed by atoms with Gasteiger partial charge in [-0.05, 0) is 11.6 Å². The third-order valence-corrected chi connectivity index (χ3v) is 3.26. The number of carbonyl (C=O) groups excluding carboxylic acids is 1. The number of ether oxygens (including phenoxy) is 1. The van der Waals surface area contributed by atoms with Gasteiger partial charge in [0, 0.05) is 19.8 Å². The van der Waals surface area contributed by atoms with Crippen molar-refractivity contribution < 1.29 is 17.9 Å². The van der Waals surface area contributed by atoms with E-state index in [1.807, 2.05) is 0 Å². The van der Waals surface area contributed by atoms with E-state index in [0.717, 1.165) is 6.26 Å². The van der Waals surface area contributed by atoms with E-state index in [4.69, 9.17) is 4.74 Å². The summed E-state index contributed by atoms with van der Waals surface area (Å²) in [5, 5.41) is 0. The summed E-state index contributed by atoms with van der Waals surface area (Å²) in [6.45, 7) is -0.00189. The average Bonchev–Trinajstić information content (AvgIpc) is 2.17. The lowest BCUT2D eigenvalue weighted by Gasteiger charge is -2.06. The quantitative estimate of drug-likeness (QED) is 0.768. The third kappa shape index (κ3) is 3.43. The number of Topliss-reactive ketones (excluding diaryl/α,β-unsaturated/α-hetero) is 1. The second kappa shape index (κ2) is 5.23. The molecule has 4 nitrogen and oxygen atoms in total. The van der Waals surface area contributed by atoms with Gasteiger partial charge >= 0.3 is 0 Å². The zero-order valence-electron chi connectivity index (χ0n) is 9.26. The van der Waals surface area contributed by atoms with Crippen LogP contribution in [-0.4, -0.2) is 34.2 Å². The van der Waals surface area contributed by atoms with Gasteiger partial charge in [0.25, 0.3) is 0 Å². The fraction of sp³-hybridized carbons (Fsp3) is 0.364. The SMILES string of the molecule is COCC(=O)Cc1ccccc1S(C)(=O)=O. The maximum atomic E-state index is 11.5. The van der Waals surface area contributed by atoms with Gasteiger partial charge in [0.05, 0.1) is 4.90 Å². The molecule has 0 aromatic heterocycles. The summed E-state index contributed by atoms with van der Waals surface area (Å²) < 4.78 is 27.6. The molecule has 0 aliphatic carbocycles. The molecule has 0 atom stereocenters. The molecule has 0 amide bonds. The Morgan fingerprint density at radius 1 is 1.31 bits per heavy atom. The number of sulfone groups is 1. The topological polar surface area (TPSA) is 60.4 Å². The molecule has 0 radical (unpaired) electrons. The minimum atomic E-state index is -3.29. The zero-order chi connectivity index (χ0) is 12.2. The predicted octanol–water partition coefficient (Wildman–Crippen LogP) is 0.848. The third-order valence-electron chi connectivity index (χ3n) is 2.07. The van der Waals surface area contributed by atoms with E-state index in [9.17, 15) is 13.2 Å². The van der Waals surface area contributed by atoms with Crippen LogP contribution in [-0.2, 0) is 25.8 Å². The van der Waals surface area contributed by atoms with Gasteiger partial charge < -0.3 is 4.74 Å². The van der Waals surface area contributed by atoms with E-state index in [0.29, 0.717) is 5.56 Å². The largest absolute Gasteiger partial charge is 0.377 e. The summed E-state index contributed by atoms with van der Waals surface area (Å²) in [6.07, 6.45) is 1.21. The molecular weight excluding hydrogens is 228 g/mol. The minimum absolute atomic E-state index is 0.00189. The Hall–Kier alpha value is -1.20. The van der Waals surface area contributed by atoms with E-state index in [-0.39, 0.29) is 23.7 Å². The molecule has 1 aromatic carbocycles. The zero-order valence-corrected chi connectivity index (χ0v) is 10.1. The van der Waals surface area contributed by atoms with Crippen molar-refractivity contribution in [1.82, 2.24) is 0 Å². The number of rotatable bonds is 5. The number of carbonyl (C=O) groups is 1. The van der Waals surface area contributed by atoms with Crippen LogP contribution in [0.5, 0.6) is 0 Å². The van der Waals surface area contributed by atoms with Crippen molar-refractivity contribution in [3.8, 4) is 0 Å². The standard InChI is InChI=1S/C11H14O4S/c1-15-8-10(12)7-9-5-3-4-6-11(9)16(2,13)14/h3-6H,7-8H2,1-2H3. The molecule has 0 fully saturated rings. The Balaban J connectivity index is 3.01. The molecule has 0 bridgehead atoms. The Kier molecular flexibility index (Phi) is 4.20. The molecule has 0 heterocycles. The highest BCUT2D eigenvalue weighted by Gasteiger charge is 2.14. The Bertz CT molecular complexity index is 477. The summed E-state index contributed by atoms with van der Waals surface area (Å²) in [7, 11) is -1.86. The lowest BCUT2D eigenvalue weighted by Crippen LogP contribution is -2.12. The molecule has 1 rings (SSSR count). The second-order valence-electron chi connectivity index (χ2n) is 3.53. The van der Waals surface area contributed by atoms with Crippen LogP contribution in [0.1, 0.15) is 5.56 Å². The Labute approximate surface area is 95.2 Å². The predicted molar refractivity (Wildman–Crippen MR) is 60.1 cm³/mol. The van der Waals surface area contributed by atoms with Gasteiger partial charge in [-0.3, -0.25) is 4.79 Å². The van der Waals surface area contributed by atoms with Crippen molar-refractivity contribution in [1.29, 1.82) is 0 Å². The average molecular weight is 242 g/mol. The summed E-state index contributed by atoms with van der Waals surface area (Å²) >= 11 is 0. The van der Waals surface area contributed by atoms with E-state index in [1.54, 1.807) is 18.2 Å². The van der Waals surface area contributed by atoms with E-state index in [1.165, 1.54) is 13.2 Å². The fourth-order valence-electron chi connectivity index (χ4n) is 1.44. The molecule has 0 saturated heterocycles. The molecule has 0 saturated carbocycles. The van der Waals surface area contributed by atoms with E-state index >= 15 is 0 Å². The normalized spacial score (nSPS) is 11.4. The van der Waals surface area contributed by atoms with Gasteiger partial charge in [0.1, 0.15) is 6.61 Å². The van der Waals surface area contributed by atoms with Gasteiger partial charge in [-0.2, -0.15) is 0 Å². The lowest BCUT2D eigenvalue weighted by molar-refractivity contribution is -0.122. The van der Waals surface area contributed by atoms with Crippen molar-refractivity contribution in [3.63, 3.8) is 0 Å². The molecule has 0 unspecified atom stereocenters. The van der Waals surface area contributed by atoms with Crippen LogP contribution in [0.15, 0.2) is 29.2 Å². The van der Waals surface area contributed by atoms with Crippen LogP contribution in [0.25, 0.3) is 0 Å².